The quantitative estimate of drug-likeness (QED) is 0.368. The Kier molecular flexibility index (Phi) is 8.88. The van der Waals surface area contributed by atoms with E-state index < -0.39 is 12.8 Å². The summed E-state index contributed by atoms with van der Waals surface area (Å²) in [6.07, 6.45) is 6.55. The fourth-order valence-corrected chi connectivity index (χ4v) is 6.24. The number of carbonyl (C=O) groups is 3. The summed E-state index contributed by atoms with van der Waals surface area (Å²) in [5.41, 5.74) is 0.891. The molecule has 1 aliphatic carbocycles. The summed E-state index contributed by atoms with van der Waals surface area (Å²) in [5.74, 6) is 2.56. The van der Waals surface area contributed by atoms with Crippen molar-refractivity contribution in [3.63, 3.8) is 0 Å². The number of fused-ring (bicyclic) bond motifs is 1. The van der Waals surface area contributed by atoms with Crippen LogP contribution in [0.5, 0.6) is 5.75 Å². The zero-order valence-corrected chi connectivity index (χ0v) is 21.8. The van der Waals surface area contributed by atoms with Crippen molar-refractivity contribution in [2.75, 3.05) is 20.3 Å². The third-order valence-electron chi connectivity index (χ3n) is 8.11. The van der Waals surface area contributed by atoms with Crippen molar-refractivity contribution in [3.8, 4) is 11.7 Å². The molecule has 0 aromatic heterocycles. The smallest absolute Gasteiger partial charge is 0.274 e. The summed E-state index contributed by atoms with van der Waals surface area (Å²) in [6.45, 7) is 2.12. The highest BCUT2D eigenvalue weighted by Crippen LogP contribution is 2.52. The molecule has 198 valence electrons. The summed E-state index contributed by atoms with van der Waals surface area (Å²) in [4.78, 5) is 39.3. The van der Waals surface area contributed by atoms with Gasteiger partial charge in [0.05, 0.1) is 31.3 Å². The Hall–Kier alpha value is -2.90. The van der Waals surface area contributed by atoms with E-state index >= 15 is 0 Å². The molecule has 4 rings (SSSR count). The van der Waals surface area contributed by atoms with Crippen molar-refractivity contribution < 1.29 is 23.9 Å². The van der Waals surface area contributed by atoms with Crippen molar-refractivity contribution in [1.29, 1.82) is 5.26 Å². The summed E-state index contributed by atoms with van der Waals surface area (Å²) < 4.78 is 12.0. The van der Waals surface area contributed by atoms with Gasteiger partial charge in [-0.2, -0.15) is 0 Å². The van der Waals surface area contributed by atoms with Crippen LogP contribution in [0.4, 0.5) is 0 Å². The molecule has 2 amide bonds. The van der Waals surface area contributed by atoms with Gasteiger partial charge < -0.3 is 24.9 Å². The fraction of sp³-hybridized carbons (Fsp3) is 0.630. The van der Waals surface area contributed by atoms with Gasteiger partial charge in [0.25, 0.3) is 6.71 Å². The molecule has 2 unspecified atom stereocenters. The Labute approximate surface area is 219 Å². The van der Waals surface area contributed by atoms with E-state index in [1.165, 1.54) is 0 Å². The molecule has 2 N–H and O–H groups in total. The average Bonchev–Trinajstić information content (AvgIpc) is 3.47. The Morgan fingerprint density at radius 2 is 2.11 bits per heavy atom. The number of likely N-dealkylation sites (N-methyl/N-ethyl adjacent to an activating group) is 1. The number of rotatable bonds is 10. The van der Waals surface area contributed by atoms with Crippen LogP contribution in [0.3, 0.4) is 0 Å². The zero-order chi connectivity index (χ0) is 26.4. The van der Waals surface area contributed by atoms with E-state index in [4.69, 9.17) is 14.7 Å². The van der Waals surface area contributed by atoms with Gasteiger partial charge in [-0.15, -0.1) is 0 Å². The van der Waals surface area contributed by atoms with E-state index in [0.29, 0.717) is 19.3 Å². The second kappa shape index (κ2) is 12.1. The van der Waals surface area contributed by atoms with Crippen molar-refractivity contribution in [1.82, 2.24) is 15.5 Å². The maximum atomic E-state index is 13.7. The van der Waals surface area contributed by atoms with E-state index in [0.717, 1.165) is 49.8 Å². The number of nitriles is 1. The molecule has 37 heavy (non-hydrogen) atoms. The molecule has 0 bridgehead atoms. The summed E-state index contributed by atoms with van der Waals surface area (Å²) in [5, 5.41) is 14.9. The normalized spacial score (nSPS) is 24.9. The number of nitrogens with one attached hydrogen (secondary N) is 2. The van der Waals surface area contributed by atoms with E-state index in [9.17, 15) is 14.4 Å². The molecular formula is C27H37BN4O5. The minimum absolute atomic E-state index is 0.0295. The van der Waals surface area contributed by atoms with Crippen LogP contribution in [-0.4, -0.2) is 68.3 Å². The highest BCUT2D eigenvalue weighted by Gasteiger charge is 2.55. The Morgan fingerprint density at radius 1 is 1.35 bits per heavy atom. The number of para-hydroxylation sites is 1. The van der Waals surface area contributed by atoms with Gasteiger partial charge in [-0.25, -0.2) is 5.26 Å². The number of aldehydes is 1. The lowest BCUT2D eigenvalue weighted by molar-refractivity contribution is -0.132. The Bertz CT molecular complexity index is 1020. The highest BCUT2D eigenvalue weighted by molar-refractivity contribution is 6.68. The summed E-state index contributed by atoms with van der Waals surface area (Å²) in [6, 6.07) is 6.83. The van der Waals surface area contributed by atoms with E-state index in [1.54, 1.807) is 6.82 Å². The number of hydrogen-bond donors (Lipinski definition) is 2. The third kappa shape index (κ3) is 6.16. The topological polar surface area (TPSA) is 121 Å². The predicted molar refractivity (Wildman–Crippen MR) is 139 cm³/mol. The van der Waals surface area contributed by atoms with Gasteiger partial charge in [-0.1, -0.05) is 37.9 Å². The van der Waals surface area contributed by atoms with Gasteiger partial charge in [0, 0.05) is 24.3 Å². The molecular weight excluding hydrogens is 471 g/mol. The SMILES string of the molecule is CB(C#N)CC(=O)NC(C=O)CCO[C@H]1CC2(CCCC2)[C@@H](C(=O)NC2CCOc3ccccc32)N1C. The lowest BCUT2D eigenvalue weighted by atomic mass is 9.51. The molecule has 4 atom stereocenters. The Balaban J connectivity index is 1.37. The van der Waals surface area contributed by atoms with Crippen molar-refractivity contribution in [2.45, 2.75) is 82.4 Å². The first-order valence-electron chi connectivity index (χ1n) is 13.4. The van der Waals surface area contributed by atoms with E-state index in [1.807, 2.05) is 37.3 Å². The molecule has 1 spiro atoms. The fourth-order valence-electron chi connectivity index (χ4n) is 6.24. The molecule has 3 aliphatic rings. The van der Waals surface area contributed by atoms with Gasteiger partial charge in [-0.3, -0.25) is 14.5 Å². The molecule has 2 aliphatic heterocycles. The number of carbonyl (C=O) groups excluding carboxylic acids is 3. The molecule has 0 radical (unpaired) electrons. The molecule has 10 heteroatoms. The van der Waals surface area contributed by atoms with Gasteiger partial charge in [0.15, 0.2) is 0 Å². The lowest BCUT2D eigenvalue weighted by Crippen LogP contribution is -2.51. The summed E-state index contributed by atoms with van der Waals surface area (Å²) >= 11 is 0. The van der Waals surface area contributed by atoms with Crippen LogP contribution in [0.2, 0.25) is 13.1 Å². The maximum Gasteiger partial charge on any atom is 0.274 e. The molecule has 1 saturated heterocycles. The van der Waals surface area contributed by atoms with Crippen LogP contribution in [-0.2, 0) is 19.1 Å². The first-order valence-corrected chi connectivity index (χ1v) is 13.4. The van der Waals surface area contributed by atoms with Crippen LogP contribution in [0.15, 0.2) is 24.3 Å². The van der Waals surface area contributed by atoms with Crippen LogP contribution in [0.25, 0.3) is 0 Å². The second-order valence-corrected chi connectivity index (χ2v) is 10.7. The predicted octanol–water partition coefficient (Wildman–Crippen LogP) is 2.49. The number of ether oxygens (including phenoxy) is 2. The van der Waals surface area contributed by atoms with Crippen LogP contribution < -0.4 is 15.4 Å². The van der Waals surface area contributed by atoms with Gasteiger partial charge in [-0.05, 0) is 44.2 Å². The standard InChI is InChI=1S/C27H37BN4O5/c1-28(18-29)16-23(34)30-19(17-33)9-13-37-24-15-27(11-5-6-12-27)25(32(24)2)26(35)31-21-10-14-36-22-8-4-3-7-20(21)22/h3-4,7-8,17,19,21,24-25H,5-6,9-16H2,1-2H3,(H,30,34)(H,31,35)/t19?,21?,24-,25+/m0/s1. The molecule has 1 aromatic carbocycles. The molecule has 1 aromatic rings. The first kappa shape index (κ1) is 27.1. The minimum atomic E-state index is -0.668. The van der Waals surface area contributed by atoms with E-state index in [-0.39, 0.29) is 48.5 Å². The van der Waals surface area contributed by atoms with Crippen molar-refractivity contribution in [3.05, 3.63) is 29.8 Å². The minimum Gasteiger partial charge on any atom is -0.493 e. The largest absolute Gasteiger partial charge is 0.493 e. The molecule has 9 nitrogen and oxygen atoms in total. The number of benzene rings is 1. The monoisotopic (exact) mass is 508 g/mol. The van der Waals surface area contributed by atoms with Gasteiger partial charge in [0.2, 0.25) is 11.8 Å². The average molecular weight is 508 g/mol. The van der Waals surface area contributed by atoms with Gasteiger partial charge >= 0.3 is 0 Å². The number of nitrogens with zero attached hydrogens (tertiary/aromatic N) is 2. The zero-order valence-electron chi connectivity index (χ0n) is 21.8. The molecule has 1 saturated carbocycles. The number of amides is 2. The van der Waals surface area contributed by atoms with Crippen LogP contribution in [0, 0.1) is 16.6 Å². The third-order valence-corrected chi connectivity index (χ3v) is 8.11. The van der Waals surface area contributed by atoms with E-state index in [2.05, 4.69) is 15.5 Å². The van der Waals surface area contributed by atoms with Crippen LogP contribution in [0.1, 0.15) is 56.6 Å². The molecule has 2 fully saturated rings. The molecule has 2 heterocycles. The maximum absolute atomic E-state index is 13.7. The number of hydrogen-bond acceptors (Lipinski definition) is 7. The summed E-state index contributed by atoms with van der Waals surface area (Å²) in [7, 11) is 1.95. The highest BCUT2D eigenvalue weighted by atomic mass is 16.5. The van der Waals surface area contributed by atoms with Crippen molar-refractivity contribution >= 4 is 24.8 Å². The van der Waals surface area contributed by atoms with Crippen molar-refractivity contribution in [2.24, 2.45) is 5.41 Å². The van der Waals surface area contributed by atoms with Gasteiger partial charge in [0.1, 0.15) is 18.3 Å². The second-order valence-electron chi connectivity index (χ2n) is 10.7. The first-order chi connectivity index (χ1) is 17.9. The lowest BCUT2D eigenvalue weighted by Gasteiger charge is -2.35. The van der Waals surface area contributed by atoms with Crippen LogP contribution >= 0.6 is 0 Å². The number of likely N-dealkylation sites (tertiary alicyclic amines) is 1. The Morgan fingerprint density at radius 3 is 2.84 bits per heavy atom.